The quantitative estimate of drug-likeness (QED) is 0.614. The first-order chi connectivity index (χ1) is 10.3. The molecule has 5 nitrogen and oxygen atoms in total. The number of alkyl halides is 3. The summed E-state index contributed by atoms with van der Waals surface area (Å²) in [5.41, 5.74) is -0.534. The number of hydrogen-bond acceptors (Lipinski definition) is 3. The highest BCUT2D eigenvalue weighted by molar-refractivity contribution is 6.63. The molecule has 0 aliphatic heterocycles. The van der Waals surface area contributed by atoms with E-state index in [2.05, 4.69) is 10.4 Å². The van der Waals surface area contributed by atoms with E-state index in [4.69, 9.17) is 11.6 Å². The van der Waals surface area contributed by atoms with E-state index in [1.165, 1.54) is 0 Å². The summed E-state index contributed by atoms with van der Waals surface area (Å²) in [6.45, 7) is -0.0276. The lowest BCUT2D eigenvalue weighted by molar-refractivity contribution is -0.141. The zero-order valence-corrected chi connectivity index (χ0v) is 12.4. The molecule has 0 aromatic carbocycles. The topological polar surface area (TPSA) is 64.0 Å². The van der Waals surface area contributed by atoms with Crippen LogP contribution in [0.4, 0.5) is 13.2 Å². The van der Waals surface area contributed by atoms with Crippen molar-refractivity contribution in [3.63, 3.8) is 0 Å². The van der Waals surface area contributed by atoms with Gasteiger partial charge in [0.2, 0.25) is 11.1 Å². The van der Waals surface area contributed by atoms with Crippen molar-refractivity contribution in [3.05, 3.63) is 17.5 Å². The van der Waals surface area contributed by atoms with Crippen LogP contribution in [0.25, 0.3) is 0 Å². The maximum Gasteiger partial charge on any atom is 0.435 e. The van der Waals surface area contributed by atoms with Crippen molar-refractivity contribution in [1.29, 1.82) is 0 Å². The summed E-state index contributed by atoms with van der Waals surface area (Å²) >= 11 is 5.16. The Morgan fingerprint density at radius 3 is 2.64 bits per heavy atom. The highest BCUT2D eigenvalue weighted by Gasteiger charge is 2.38. The van der Waals surface area contributed by atoms with Gasteiger partial charge in [0.15, 0.2) is 5.69 Å². The molecule has 1 aliphatic carbocycles. The fraction of sp³-hybridized carbons (Fsp3) is 0.615. The second-order valence-electron chi connectivity index (χ2n) is 5.19. The molecule has 1 N–H and O–H groups in total. The molecule has 1 amide bonds. The van der Waals surface area contributed by atoms with Crippen molar-refractivity contribution < 1.29 is 22.8 Å². The predicted molar refractivity (Wildman–Crippen MR) is 72.3 cm³/mol. The van der Waals surface area contributed by atoms with E-state index in [1.807, 2.05) is 0 Å². The van der Waals surface area contributed by atoms with Crippen LogP contribution in [-0.2, 0) is 22.3 Å². The summed E-state index contributed by atoms with van der Waals surface area (Å²) in [5.74, 6) is -0.397. The minimum Gasteiger partial charge on any atom is -0.354 e. The van der Waals surface area contributed by atoms with E-state index >= 15 is 0 Å². The summed E-state index contributed by atoms with van der Waals surface area (Å²) in [7, 11) is 0. The maximum absolute atomic E-state index is 12.7. The predicted octanol–water partition coefficient (Wildman–Crippen LogP) is 2.44. The molecule has 0 unspecified atom stereocenters. The fourth-order valence-electron chi connectivity index (χ4n) is 2.05. The van der Waals surface area contributed by atoms with Crippen LogP contribution in [0, 0.1) is 0 Å². The van der Waals surface area contributed by atoms with E-state index in [1.54, 1.807) is 0 Å². The molecular weight excluding hydrogens is 323 g/mol. The Morgan fingerprint density at radius 1 is 1.41 bits per heavy atom. The van der Waals surface area contributed by atoms with Gasteiger partial charge in [-0.3, -0.25) is 14.3 Å². The van der Waals surface area contributed by atoms with Crippen LogP contribution >= 0.6 is 11.6 Å². The molecule has 0 radical (unpaired) electrons. The van der Waals surface area contributed by atoms with Gasteiger partial charge in [-0.05, 0) is 36.9 Å². The molecule has 0 saturated heterocycles. The van der Waals surface area contributed by atoms with Crippen molar-refractivity contribution >= 4 is 22.8 Å². The van der Waals surface area contributed by atoms with Gasteiger partial charge in [0, 0.05) is 24.6 Å². The average Bonchev–Trinajstić information content (AvgIpc) is 3.15. The van der Waals surface area contributed by atoms with Gasteiger partial charge in [0.1, 0.15) is 6.54 Å². The Labute approximate surface area is 129 Å². The summed E-state index contributed by atoms with van der Waals surface area (Å²) < 4.78 is 39.2. The van der Waals surface area contributed by atoms with E-state index in [9.17, 15) is 22.8 Å². The molecule has 1 aromatic rings. The highest BCUT2D eigenvalue weighted by Crippen LogP contribution is 2.42. The smallest absolute Gasteiger partial charge is 0.354 e. The Morgan fingerprint density at radius 2 is 2.09 bits per heavy atom. The zero-order chi connectivity index (χ0) is 16.3. The van der Waals surface area contributed by atoms with Crippen LogP contribution in [-0.4, -0.2) is 27.5 Å². The van der Waals surface area contributed by atoms with Crippen LogP contribution in [0.15, 0.2) is 6.07 Å². The Bertz CT molecular complexity index is 567. The van der Waals surface area contributed by atoms with Gasteiger partial charge in [0.25, 0.3) is 0 Å². The minimum atomic E-state index is -4.52. The van der Waals surface area contributed by atoms with Crippen molar-refractivity contribution in [2.45, 2.75) is 44.3 Å². The fourth-order valence-corrected chi connectivity index (χ4v) is 2.18. The SMILES string of the molecule is O=C(Cl)CCCNC(=O)Cn1nc(C(F)(F)F)cc1C1CC1. The molecule has 2 rings (SSSR count). The lowest BCUT2D eigenvalue weighted by Crippen LogP contribution is -2.29. The molecule has 1 fully saturated rings. The number of carbonyl (C=O) groups excluding carboxylic acids is 2. The number of rotatable bonds is 7. The van der Waals surface area contributed by atoms with Crippen LogP contribution in [0.1, 0.15) is 43.0 Å². The second-order valence-corrected chi connectivity index (χ2v) is 5.61. The standard InChI is InChI=1S/C13H15ClF3N3O2/c14-11(21)2-1-5-18-12(22)7-20-9(8-3-4-8)6-10(19-20)13(15,16)17/h6,8H,1-5,7H2,(H,18,22). The molecule has 0 spiro atoms. The van der Waals surface area contributed by atoms with Crippen molar-refractivity contribution in [3.8, 4) is 0 Å². The third-order valence-electron chi connectivity index (χ3n) is 3.26. The average molecular weight is 338 g/mol. The van der Waals surface area contributed by atoms with Crippen molar-refractivity contribution in [1.82, 2.24) is 15.1 Å². The molecule has 22 heavy (non-hydrogen) atoms. The van der Waals surface area contributed by atoms with Crippen LogP contribution in [0.5, 0.6) is 0 Å². The normalized spacial score (nSPS) is 14.9. The number of halogens is 4. The van der Waals surface area contributed by atoms with E-state index in [0.717, 1.165) is 23.6 Å². The van der Waals surface area contributed by atoms with Gasteiger partial charge in [-0.25, -0.2) is 0 Å². The lowest BCUT2D eigenvalue weighted by atomic mass is 10.2. The van der Waals surface area contributed by atoms with Gasteiger partial charge >= 0.3 is 6.18 Å². The molecule has 0 bridgehead atoms. The van der Waals surface area contributed by atoms with Gasteiger partial charge in [0.05, 0.1) is 0 Å². The maximum atomic E-state index is 12.7. The van der Waals surface area contributed by atoms with Gasteiger partial charge < -0.3 is 5.32 Å². The Balaban J connectivity index is 1.95. The molecule has 1 aliphatic rings. The number of amides is 1. The first-order valence-electron chi connectivity index (χ1n) is 6.87. The Kier molecular flexibility index (Phi) is 5.10. The second kappa shape index (κ2) is 6.68. The van der Waals surface area contributed by atoms with Crippen LogP contribution in [0.3, 0.4) is 0 Å². The first-order valence-corrected chi connectivity index (χ1v) is 7.25. The van der Waals surface area contributed by atoms with Gasteiger partial charge in [-0.15, -0.1) is 0 Å². The highest BCUT2D eigenvalue weighted by atomic mass is 35.5. The molecule has 122 valence electrons. The third kappa shape index (κ3) is 4.72. The molecule has 1 heterocycles. The van der Waals surface area contributed by atoms with Crippen molar-refractivity contribution in [2.75, 3.05) is 6.54 Å². The zero-order valence-electron chi connectivity index (χ0n) is 11.6. The summed E-state index contributed by atoms with van der Waals surface area (Å²) in [6, 6.07) is 1.01. The first kappa shape index (κ1) is 16.8. The summed E-state index contributed by atoms with van der Waals surface area (Å²) in [6.07, 6.45) is -2.39. The molecule has 9 heteroatoms. The van der Waals surface area contributed by atoms with Crippen molar-refractivity contribution in [2.24, 2.45) is 0 Å². The number of hydrogen-bond donors (Lipinski definition) is 1. The van der Waals surface area contributed by atoms with E-state index < -0.39 is 23.0 Å². The largest absolute Gasteiger partial charge is 0.435 e. The Hall–Kier alpha value is -1.57. The summed E-state index contributed by atoms with van der Waals surface area (Å²) in [4.78, 5) is 22.3. The molecular formula is C13H15ClF3N3O2. The molecule has 1 saturated carbocycles. The number of aromatic nitrogens is 2. The summed E-state index contributed by atoms with van der Waals surface area (Å²) in [5, 5.41) is 5.53. The number of nitrogens with zero attached hydrogens (tertiary/aromatic N) is 2. The number of carbonyl (C=O) groups is 2. The number of nitrogens with one attached hydrogen (secondary N) is 1. The van der Waals surface area contributed by atoms with Gasteiger partial charge in [-0.1, -0.05) is 0 Å². The minimum absolute atomic E-state index is 0.0465. The van der Waals surface area contributed by atoms with Crippen LogP contribution < -0.4 is 5.32 Å². The lowest BCUT2D eigenvalue weighted by Gasteiger charge is -2.07. The molecule has 1 aromatic heterocycles. The molecule has 0 atom stereocenters. The van der Waals surface area contributed by atoms with E-state index in [-0.39, 0.29) is 25.4 Å². The monoisotopic (exact) mass is 337 g/mol. The third-order valence-corrected chi connectivity index (χ3v) is 3.45. The van der Waals surface area contributed by atoms with Gasteiger partial charge in [-0.2, -0.15) is 18.3 Å². The van der Waals surface area contributed by atoms with E-state index in [0.29, 0.717) is 12.1 Å². The van der Waals surface area contributed by atoms with Crippen LogP contribution in [0.2, 0.25) is 0 Å².